The maximum Gasteiger partial charge on any atom is 0.254 e. The van der Waals surface area contributed by atoms with E-state index in [2.05, 4.69) is 26.9 Å². The minimum atomic E-state index is 0.266. The molecular weight excluding hydrogens is 328 g/mol. The van der Waals surface area contributed by atoms with Crippen molar-refractivity contribution in [1.29, 1.82) is 0 Å². The van der Waals surface area contributed by atoms with Crippen LogP contribution in [0.4, 0.5) is 5.82 Å². The minimum absolute atomic E-state index is 0.266. The van der Waals surface area contributed by atoms with E-state index in [1.807, 2.05) is 35.7 Å². The normalized spacial score (nSPS) is 18.1. The monoisotopic (exact) mass is 348 g/mol. The maximum atomic E-state index is 6.03. The molecule has 0 N–H and O–H groups in total. The molecule has 0 amide bonds. The number of benzene rings is 1. The Bertz CT molecular complexity index is 1070. The Kier molecular flexibility index (Phi) is 3.41. The Morgan fingerprint density at radius 2 is 2.04 bits per heavy atom. The average Bonchev–Trinajstić information content (AvgIpc) is 3.29. The number of anilines is 1. The summed E-state index contributed by atoms with van der Waals surface area (Å²) in [7, 11) is 0. The second-order valence-corrected chi connectivity index (χ2v) is 6.92. The summed E-state index contributed by atoms with van der Waals surface area (Å²) in [6.07, 6.45) is 3.72. The Morgan fingerprint density at radius 3 is 2.92 bits per heavy atom. The highest BCUT2D eigenvalue weighted by Crippen LogP contribution is 2.33. The Labute approximate surface area is 150 Å². The van der Waals surface area contributed by atoms with Crippen LogP contribution in [0.1, 0.15) is 35.9 Å². The van der Waals surface area contributed by atoms with E-state index in [0.717, 1.165) is 60.0 Å². The quantitative estimate of drug-likeness (QED) is 0.554. The highest BCUT2D eigenvalue weighted by atomic mass is 16.3. The Morgan fingerprint density at radius 1 is 1.15 bits per heavy atom. The van der Waals surface area contributed by atoms with Gasteiger partial charge in [0.25, 0.3) is 5.78 Å². The van der Waals surface area contributed by atoms with E-state index < -0.39 is 0 Å². The largest absolute Gasteiger partial charge is 0.440 e. The van der Waals surface area contributed by atoms with Crippen molar-refractivity contribution in [2.45, 2.75) is 32.6 Å². The summed E-state index contributed by atoms with van der Waals surface area (Å²) in [5, 5.41) is 4.39. The Balaban J connectivity index is 1.53. The standard InChI is InChI=1S/C19H20N6O/c1-12-13(2)22-19-20-11-21-25(19)18(12)24-9-5-6-14(10-24)17-23-15-7-3-4-8-16(15)26-17/h3-4,7-8,11,14H,5-6,9-10H2,1-2H3. The molecule has 1 unspecified atom stereocenters. The van der Waals surface area contributed by atoms with Crippen LogP contribution < -0.4 is 4.90 Å². The van der Waals surface area contributed by atoms with Gasteiger partial charge >= 0.3 is 0 Å². The van der Waals surface area contributed by atoms with E-state index in [-0.39, 0.29) is 5.92 Å². The van der Waals surface area contributed by atoms with E-state index in [4.69, 9.17) is 9.40 Å². The predicted octanol–water partition coefficient (Wildman–Crippen LogP) is 3.27. The highest BCUT2D eigenvalue weighted by Gasteiger charge is 2.28. The zero-order valence-corrected chi connectivity index (χ0v) is 14.9. The zero-order valence-electron chi connectivity index (χ0n) is 14.9. The molecule has 5 rings (SSSR count). The number of hydrogen-bond donors (Lipinski definition) is 0. The maximum absolute atomic E-state index is 6.03. The molecule has 1 fully saturated rings. The van der Waals surface area contributed by atoms with Crippen molar-refractivity contribution in [1.82, 2.24) is 24.6 Å². The lowest BCUT2D eigenvalue weighted by Gasteiger charge is -2.34. The fourth-order valence-electron chi connectivity index (χ4n) is 3.82. The first-order valence-electron chi connectivity index (χ1n) is 8.98. The first kappa shape index (κ1) is 15.3. The number of para-hydroxylation sites is 2. The second kappa shape index (κ2) is 5.79. The van der Waals surface area contributed by atoms with Crippen molar-refractivity contribution in [3.05, 3.63) is 47.7 Å². The van der Waals surface area contributed by atoms with Crippen LogP contribution in [0.2, 0.25) is 0 Å². The summed E-state index contributed by atoms with van der Waals surface area (Å²) >= 11 is 0. The molecule has 0 radical (unpaired) electrons. The van der Waals surface area contributed by atoms with Crippen molar-refractivity contribution >= 4 is 22.7 Å². The van der Waals surface area contributed by atoms with Crippen molar-refractivity contribution in [2.24, 2.45) is 0 Å². The van der Waals surface area contributed by atoms with Gasteiger partial charge in [-0.1, -0.05) is 12.1 Å². The molecule has 1 aromatic carbocycles. The molecule has 3 aromatic heterocycles. The van der Waals surface area contributed by atoms with Crippen LogP contribution in [0, 0.1) is 13.8 Å². The van der Waals surface area contributed by atoms with Crippen LogP contribution >= 0.6 is 0 Å². The molecule has 4 heterocycles. The molecule has 26 heavy (non-hydrogen) atoms. The number of aromatic nitrogens is 5. The molecule has 1 aliphatic heterocycles. The summed E-state index contributed by atoms with van der Waals surface area (Å²) < 4.78 is 7.88. The van der Waals surface area contributed by atoms with E-state index in [0.29, 0.717) is 5.78 Å². The fraction of sp³-hybridized carbons (Fsp3) is 0.368. The third kappa shape index (κ3) is 2.34. The molecule has 7 heteroatoms. The van der Waals surface area contributed by atoms with Gasteiger partial charge in [0.1, 0.15) is 17.7 Å². The van der Waals surface area contributed by atoms with Crippen molar-refractivity contribution in [3.63, 3.8) is 0 Å². The molecule has 1 aliphatic rings. The molecule has 0 spiro atoms. The van der Waals surface area contributed by atoms with E-state index in [1.165, 1.54) is 0 Å². The summed E-state index contributed by atoms with van der Waals surface area (Å²) in [5.41, 5.74) is 3.91. The minimum Gasteiger partial charge on any atom is -0.440 e. The number of oxazole rings is 1. The summed E-state index contributed by atoms with van der Waals surface area (Å²) in [6.45, 7) is 5.96. The van der Waals surface area contributed by atoms with Gasteiger partial charge in [-0.15, -0.1) is 0 Å². The van der Waals surface area contributed by atoms with Crippen molar-refractivity contribution in [2.75, 3.05) is 18.0 Å². The van der Waals surface area contributed by atoms with Gasteiger partial charge < -0.3 is 9.32 Å². The third-order valence-electron chi connectivity index (χ3n) is 5.26. The van der Waals surface area contributed by atoms with Crippen LogP contribution in [0.25, 0.3) is 16.9 Å². The number of piperidine rings is 1. The molecule has 4 aromatic rings. The summed E-state index contributed by atoms with van der Waals surface area (Å²) in [5.74, 6) is 2.81. The van der Waals surface area contributed by atoms with Gasteiger partial charge in [0.15, 0.2) is 11.5 Å². The summed E-state index contributed by atoms with van der Waals surface area (Å²) in [6, 6.07) is 7.95. The van der Waals surface area contributed by atoms with Gasteiger partial charge in [-0.05, 0) is 38.8 Å². The molecule has 0 bridgehead atoms. The van der Waals surface area contributed by atoms with Crippen molar-refractivity contribution in [3.8, 4) is 0 Å². The predicted molar refractivity (Wildman–Crippen MR) is 98.5 cm³/mol. The first-order chi connectivity index (χ1) is 12.7. The lowest BCUT2D eigenvalue weighted by atomic mass is 9.97. The van der Waals surface area contributed by atoms with Crippen LogP contribution in [0.3, 0.4) is 0 Å². The number of aryl methyl sites for hydroxylation is 1. The molecule has 7 nitrogen and oxygen atoms in total. The number of hydrogen-bond acceptors (Lipinski definition) is 6. The second-order valence-electron chi connectivity index (χ2n) is 6.92. The van der Waals surface area contributed by atoms with E-state index in [1.54, 1.807) is 6.33 Å². The molecule has 1 saturated heterocycles. The van der Waals surface area contributed by atoms with Gasteiger partial charge in [0.05, 0.1) is 5.92 Å². The highest BCUT2D eigenvalue weighted by molar-refractivity contribution is 5.72. The molecule has 0 aliphatic carbocycles. The number of nitrogens with zero attached hydrogens (tertiary/aromatic N) is 6. The lowest BCUT2D eigenvalue weighted by Crippen LogP contribution is -2.36. The van der Waals surface area contributed by atoms with E-state index in [9.17, 15) is 0 Å². The first-order valence-corrected chi connectivity index (χ1v) is 8.98. The van der Waals surface area contributed by atoms with E-state index >= 15 is 0 Å². The van der Waals surface area contributed by atoms with Crippen LogP contribution in [-0.2, 0) is 0 Å². The SMILES string of the molecule is Cc1nc2ncnn2c(N2CCCC(c3nc4ccccc4o3)C2)c1C. The number of rotatable bonds is 2. The molecule has 1 atom stereocenters. The van der Waals surface area contributed by atoms with Crippen molar-refractivity contribution < 1.29 is 4.42 Å². The zero-order chi connectivity index (χ0) is 17.7. The summed E-state index contributed by atoms with van der Waals surface area (Å²) in [4.78, 5) is 15.9. The molecule has 132 valence electrons. The van der Waals surface area contributed by atoms with Crippen LogP contribution in [0.15, 0.2) is 35.0 Å². The molecule has 0 saturated carbocycles. The van der Waals surface area contributed by atoms with Crippen LogP contribution in [-0.4, -0.2) is 37.7 Å². The number of fused-ring (bicyclic) bond motifs is 2. The molecular formula is C19H20N6O. The third-order valence-corrected chi connectivity index (χ3v) is 5.26. The van der Waals surface area contributed by atoms with Gasteiger partial charge in [-0.25, -0.2) is 9.97 Å². The topological polar surface area (TPSA) is 72.3 Å². The van der Waals surface area contributed by atoms with Gasteiger partial charge in [-0.3, -0.25) is 0 Å². The van der Waals surface area contributed by atoms with Gasteiger partial charge in [0.2, 0.25) is 0 Å². The van der Waals surface area contributed by atoms with Crippen LogP contribution in [0.5, 0.6) is 0 Å². The fourth-order valence-corrected chi connectivity index (χ4v) is 3.82. The Hall–Kier alpha value is -2.96. The average molecular weight is 348 g/mol. The van der Waals surface area contributed by atoms with Gasteiger partial charge in [-0.2, -0.15) is 14.6 Å². The van der Waals surface area contributed by atoms with Gasteiger partial charge in [0, 0.05) is 24.3 Å². The lowest BCUT2D eigenvalue weighted by molar-refractivity contribution is 0.411. The smallest absolute Gasteiger partial charge is 0.254 e.